The van der Waals surface area contributed by atoms with Gasteiger partial charge in [-0.2, -0.15) is 5.26 Å². The third-order valence-corrected chi connectivity index (χ3v) is 8.01. The molecule has 3 heteroatoms. The number of hydrogen-bond acceptors (Lipinski definition) is 3. The zero-order valence-corrected chi connectivity index (χ0v) is 14.8. The van der Waals surface area contributed by atoms with Gasteiger partial charge in [0, 0.05) is 18.3 Å². The predicted molar refractivity (Wildman–Crippen MR) is 89.4 cm³/mol. The van der Waals surface area contributed by atoms with Gasteiger partial charge in [-0.15, -0.1) is 0 Å². The van der Waals surface area contributed by atoms with Crippen LogP contribution in [0.15, 0.2) is 0 Å². The van der Waals surface area contributed by atoms with E-state index in [-0.39, 0.29) is 16.9 Å². The fraction of sp³-hybridized carbons (Fsp3) is 0.900. The van der Waals surface area contributed by atoms with E-state index in [1.807, 2.05) is 6.92 Å². The average molecular weight is 317 g/mol. The topological polar surface area (TPSA) is 61.1 Å². The van der Waals surface area contributed by atoms with Crippen molar-refractivity contribution in [3.8, 4) is 6.07 Å². The summed E-state index contributed by atoms with van der Waals surface area (Å²) in [7, 11) is 0. The normalized spacial score (nSPS) is 47.5. The van der Waals surface area contributed by atoms with Crippen LogP contribution in [0, 0.1) is 45.8 Å². The first-order valence-corrected chi connectivity index (χ1v) is 9.43. The number of carbonyl (C=O) groups is 1. The number of aliphatic hydroxyl groups excluding tert-OH is 1. The number of nitriles is 1. The van der Waals surface area contributed by atoms with Gasteiger partial charge in [0.25, 0.3) is 0 Å². The fourth-order valence-electron chi connectivity index (χ4n) is 6.74. The van der Waals surface area contributed by atoms with Crippen LogP contribution in [0.3, 0.4) is 0 Å². The summed E-state index contributed by atoms with van der Waals surface area (Å²) in [6, 6.07) is 2.25. The molecule has 0 aliphatic heterocycles. The number of hydrogen-bond donors (Lipinski definition) is 1. The first-order chi connectivity index (χ1) is 10.8. The van der Waals surface area contributed by atoms with Crippen molar-refractivity contribution in [2.45, 2.75) is 78.2 Å². The second-order valence-electron chi connectivity index (χ2n) is 8.88. The molecule has 3 aliphatic carbocycles. The molecule has 3 aliphatic rings. The SMILES string of the molecule is CC(O)[C@H]1CC[C@H]2[C@@H]3CCC(=O)[C@@](C)(CCC#N)[C@@H]3CC[C@]12C. The Kier molecular flexibility index (Phi) is 4.34. The van der Waals surface area contributed by atoms with E-state index in [0.29, 0.717) is 42.3 Å². The molecule has 3 saturated carbocycles. The van der Waals surface area contributed by atoms with Crippen molar-refractivity contribution >= 4 is 5.78 Å². The van der Waals surface area contributed by atoms with E-state index in [0.717, 1.165) is 32.1 Å². The summed E-state index contributed by atoms with van der Waals surface area (Å²) < 4.78 is 0. The van der Waals surface area contributed by atoms with Gasteiger partial charge in [-0.1, -0.05) is 13.8 Å². The summed E-state index contributed by atoms with van der Waals surface area (Å²) in [6.07, 6.45) is 7.26. The highest BCUT2D eigenvalue weighted by molar-refractivity contribution is 5.85. The lowest BCUT2D eigenvalue weighted by Gasteiger charge is -2.56. The van der Waals surface area contributed by atoms with Gasteiger partial charge in [-0.3, -0.25) is 4.79 Å². The van der Waals surface area contributed by atoms with Crippen molar-refractivity contribution in [2.24, 2.45) is 34.5 Å². The molecule has 0 aromatic carbocycles. The lowest BCUT2D eigenvalue weighted by molar-refractivity contribution is -0.146. The molecule has 0 heterocycles. The Labute approximate surface area is 140 Å². The summed E-state index contributed by atoms with van der Waals surface area (Å²) in [4.78, 5) is 12.7. The number of nitrogens with zero attached hydrogens (tertiary/aromatic N) is 1. The van der Waals surface area contributed by atoms with E-state index in [9.17, 15) is 9.90 Å². The van der Waals surface area contributed by atoms with Crippen molar-refractivity contribution in [1.29, 1.82) is 5.26 Å². The monoisotopic (exact) mass is 317 g/mol. The Morgan fingerprint density at radius 1 is 1.26 bits per heavy atom. The Hall–Kier alpha value is -0.880. The van der Waals surface area contributed by atoms with E-state index in [1.54, 1.807) is 0 Å². The third-order valence-electron chi connectivity index (χ3n) is 8.01. The molecule has 1 N–H and O–H groups in total. The molecule has 0 saturated heterocycles. The summed E-state index contributed by atoms with van der Waals surface area (Å²) in [5.41, 5.74) is -0.0469. The highest BCUT2D eigenvalue weighted by Gasteiger charge is 2.59. The third kappa shape index (κ3) is 2.45. The first-order valence-electron chi connectivity index (χ1n) is 9.43. The minimum atomic E-state index is -0.289. The smallest absolute Gasteiger partial charge is 0.139 e. The highest BCUT2D eigenvalue weighted by Crippen LogP contribution is 2.64. The summed E-state index contributed by atoms with van der Waals surface area (Å²) in [5.74, 6) is 2.51. The maximum absolute atomic E-state index is 12.7. The van der Waals surface area contributed by atoms with Gasteiger partial charge in [0.15, 0.2) is 0 Å². The molecule has 0 aromatic heterocycles. The molecule has 3 fully saturated rings. The summed E-state index contributed by atoms with van der Waals surface area (Å²) >= 11 is 0. The number of fused-ring (bicyclic) bond motifs is 3. The number of ketones is 1. The van der Waals surface area contributed by atoms with E-state index < -0.39 is 0 Å². The van der Waals surface area contributed by atoms with Crippen LogP contribution in [0.2, 0.25) is 0 Å². The van der Waals surface area contributed by atoms with Gasteiger partial charge in [-0.05, 0) is 74.5 Å². The second-order valence-corrected chi connectivity index (χ2v) is 8.88. The quantitative estimate of drug-likeness (QED) is 0.852. The van der Waals surface area contributed by atoms with E-state index in [1.165, 1.54) is 6.42 Å². The minimum absolute atomic E-state index is 0.225. The predicted octanol–water partition coefficient (Wildman–Crippen LogP) is 4.10. The van der Waals surface area contributed by atoms with Gasteiger partial charge >= 0.3 is 0 Å². The van der Waals surface area contributed by atoms with Crippen molar-refractivity contribution in [1.82, 2.24) is 0 Å². The Morgan fingerprint density at radius 3 is 2.65 bits per heavy atom. The molecular formula is C20H31NO2. The van der Waals surface area contributed by atoms with Gasteiger partial charge in [0.1, 0.15) is 5.78 Å². The van der Waals surface area contributed by atoms with Crippen LogP contribution in [0.5, 0.6) is 0 Å². The van der Waals surface area contributed by atoms with Crippen molar-refractivity contribution in [3.05, 3.63) is 0 Å². The minimum Gasteiger partial charge on any atom is -0.393 e. The molecular weight excluding hydrogens is 286 g/mol. The lowest BCUT2D eigenvalue weighted by atomic mass is 9.48. The number of Topliss-reactive ketones (excluding diaryl/α,β-unsaturated/α-hetero) is 1. The Bertz CT molecular complexity index is 522. The average Bonchev–Trinajstić information content (AvgIpc) is 2.86. The molecule has 0 aromatic rings. The molecule has 23 heavy (non-hydrogen) atoms. The molecule has 1 unspecified atom stereocenters. The molecule has 0 amide bonds. The van der Waals surface area contributed by atoms with Crippen molar-refractivity contribution < 1.29 is 9.90 Å². The van der Waals surface area contributed by atoms with Crippen LogP contribution >= 0.6 is 0 Å². The molecule has 7 atom stereocenters. The van der Waals surface area contributed by atoms with E-state index >= 15 is 0 Å². The maximum Gasteiger partial charge on any atom is 0.139 e. The summed E-state index contributed by atoms with van der Waals surface area (Å²) in [6.45, 7) is 6.47. The largest absolute Gasteiger partial charge is 0.393 e. The van der Waals surface area contributed by atoms with Gasteiger partial charge in [-0.25, -0.2) is 0 Å². The van der Waals surface area contributed by atoms with Crippen molar-refractivity contribution in [3.63, 3.8) is 0 Å². The van der Waals surface area contributed by atoms with Crippen LogP contribution in [-0.2, 0) is 4.79 Å². The zero-order valence-electron chi connectivity index (χ0n) is 14.8. The van der Waals surface area contributed by atoms with Gasteiger partial charge in [0.05, 0.1) is 12.2 Å². The van der Waals surface area contributed by atoms with Crippen LogP contribution in [0.4, 0.5) is 0 Å². The summed E-state index contributed by atoms with van der Waals surface area (Å²) in [5, 5.41) is 19.2. The van der Waals surface area contributed by atoms with E-state index in [2.05, 4.69) is 19.9 Å². The molecule has 0 radical (unpaired) electrons. The van der Waals surface area contributed by atoms with Crippen LogP contribution in [0.1, 0.15) is 72.1 Å². The van der Waals surface area contributed by atoms with Crippen LogP contribution in [0.25, 0.3) is 0 Å². The number of carbonyl (C=O) groups excluding carboxylic acids is 1. The van der Waals surface area contributed by atoms with E-state index in [4.69, 9.17) is 5.26 Å². The standard InChI is InChI=1S/C20H31NO2/c1-13(22)15-6-7-16-14-5-8-18(23)20(3,10-4-12-21)17(14)9-11-19(15,16)2/h13-17,22H,4-11H2,1-3H3/t13?,14-,15+,16-,17+,19+,20-/m0/s1. The molecule has 0 bridgehead atoms. The molecule has 0 spiro atoms. The van der Waals surface area contributed by atoms with Crippen LogP contribution in [-0.4, -0.2) is 17.0 Å². The Balaban J connectivity index is 1.88. The fourth-order valence-corrected chi connectivity index (χ4v) is 6.74. The number of aliphatic hydroxyl groups is 1. The molecule has 3 rings (SSSR count). The van der Waals surface area contributed by atoms with Crippen LogP contribution < -0.4 is 0 Å². The number of rotatable bonds is 3. The maximum atomic E-state index is 12.7. The lowest BCUT2D eigenvalue weighted by Crippen LogP contribution is -2.52. The Morgan fingerprint density at radius 2 is 2.00 bits per heavy atom. The molecule has 128 valence electrons. The zero-order chi connectivity index (χ0) is 16.8. The van der Waals surface area contributed by atoms with Gasteiger partial charge in [0.2, 0.25) is 0 Å². The molecule has 3 nitrogen and oxygen atoms in total. The highest BCUT2D eigenvalue weighted by atomic mass is 16.3. The van der Waals surface area contributed by atoms with Crippen molar-refractivity contribution in [2.75, 3.05) is 0 Å². The second kappa shape index (κ2) is 5.88. The van der Waals surface area contributed by atoms with Gasteiger partial charge < -0.3 is 5.11 Å². The first kappa shape index (κ1) is 17.0.